The van der Waals surface area contributed by atoms with Crippen LogP contribution in [0.2, 0.25) is 0 Å². The third-order valence-corrected chi connectivity index (χ3v) is 3.69. The standard InChI is InChI=1S/C20H13F4N5O/c21-16-7-6-14(20(22,23)24)9-17(16)29-19(30)28-15-3-1-2-12(8-15)4-5-13-10-26-18(25)27-11-13/h1-3,6-11H,(H2,25,26,27)(H2,28,29,30). The molecule has 6 nitrogen and oxygen atoms in total. The third-order valence-electron chi connectivity index (χ3n) is 3.69. The maximum atomic E-state index is 13.8. The van der Waals surface area contributed by atoms with Gasteiger partial charge in [0.15, 0.2) is 0 Å². The van der Waals surface area contributed by atoms with Gasteiger partial charge < -0.3 is 16.4 Å². The lowest BCUT2D eigenvalue weighted by Crippen LogP contribution is -2.20. The van der Waals surface area contributed by atoms with Crippen LogP contribution in [0.25, 0.3) is 0 Å². The first-order valence-corrected chi connectivity index (χ1v) is 8.35. The monoisotopic (exact) mass is 415 g/mol. The predicted molar refractivity (Wildman–Crippen MR) is 103 cm³/mol. The van der Waals surface area contributed by atoms with Crippen molar-refractivity contribution in [3.63, 3.8) is 0 Å². The van der Waals surface area contributed by atoms with E-state index in [1.54, 1.807) is 18.2 Å². The number of aromatic nitrogens is 2. The number of anilines is 3. The summed E-state index contributed by atoms with van der Waals surface area (Å²) in [5, 5.41) is 4.48. The predicted octanol–water partition coefficient (Wildman–Crippen LogP) is 4.26. The summed E-state index contributed by atoms with van der Waals surface area (Å²) in [6.07, 6.45) is -1.76. The van der Waals surface area contributed by atoms with Gasteiger partial charge in [-0.2, -0.15) is 13.2 Å². The smallest absolute Gasteiger partial charge is 0.368 e. The third kappa shape index (κ3) is 5.45. The van der Waals surface area contributed by atoms with Crippen LogP contribution in [0.1, 0.15) is 16.7 Å². The number of rotatable bonds is 2. The number of hydrogen-bond acceptors (Lipinski definition) is 4. The molecule has 2 aromatic carbocycles. The molecule has 0 unspecified atom stereocenters. The zero-order valence-electron chi connectivity index (χ0n) is 15.1. The quantitative estimate of drug-likeness (QED) is 0.431. The Labute approximate surface area is 168 Å². The Kier molecular flexibility index (Phi) is 5.83. The van der Waals surface area contributed by atoms with Crippen LogP contribution in [0.3, 0.4) is 0 Å². The molecular weight excluding hydrogens is 402 g/mol. The van der Waals surface area contributed by atoms with Crippen LogP contribution >= 0.6 is 0 Å². The Morgan fingerprint density at radius 2 is 1.67 bits per heavy atom. The summed E-state index contributed by atoms with van der Waals surface area (Å²) < 4.78 is 52.1. The summed E-state index contributed by atoms with van der Waals surface area (Å²) in [4.78, 5) is 19.7. The molecule has 3 aromatic rings. The van der Waals surface area contributed by atoms with Gasteiger partial charge in [0, 0.05) is 23.6 Å². The largest absolute Gasteiger partial charge is 0.416 e. The van der Waals surface area contributed by atoms with Gasteiger partial charge in [0.1, 0.15) is 5.82 Å². The number of carbonyl (C=O) groups is 1. The molecule has 2 amide bonds. The van der Waals surface area contributed by atoms with E-state index in [1.807, 2.05) is 0 Å². The van der Waals surface area contributed by atoms with E-state index in [1.165, 1.54) is 18.5 Å². The fourth-order valence-electron chi connectivity index (χ4n) is 2.30. The van der Waals surface area contributed by atoms with Crippen LogP contribution in [-0.2, 0) is 6.18 Å². The van der Waals surface area contributed by atoms with Crippen molar-refractivity contribution >= 4 is 23.4 Å². The average molecular weight is 415 g/mol. The van der Waals surface area contributed by atoms with Gasteiger partial charge in [-0.3, -0.25) is 0 Å². The van der Waals surface area contributed by atoms with Crippen LogP contribution in [0.5, 0.6) is 0 Å². The fourth-order valence-corrected chi connectivity index (χ4v) is 2.30. The molecule has 0 aliphatic rings. The van der Waals surface area contributed by atoms with Crippen molar-refractivity contribution in [2.24, 2.45) is 0 Å². The van der Waals surface area contributed by atoms with E-state index in [-0.39, 0.29) is 5.95 Å². The molecule has 0 aliphatic carbocycles. The minimum absolute atomic E-state index is 0.120. The van der Waals surface area contributed by atoms with E-state index in [9.17, 15) is 22.4 Å². The van der Waals surface area contributed by atoms with E-state index in [2.05, 4.69) is 32.4 Å². The van der Waals surface area contributed by atoms with Crippen LogP contribution in [0.4, 0.5) is 39.7 Å². The molecule has 10 heteroatoms. The molecule has 0 radical (unpaired) electrons. The Hall–Kier alpha value is -4.13. The van der Waals surface area contributed by atoms with Gasteiger partial charge >= 0.3 is 12.2 Å². The number of nitrogens with zero attached hydrogens (tertiary/aromatic N) is 2. The molecule has 152 valence electrons. The van der Waals surface area contributed by atoms with E-state index in [0.717, 1.165) is 0 Å². The number of hydrogen-bond donors (Lipinski definition) is 3. The molecule has 1 heterocycles. The molecule has 0 fully saturated rings. The molecule has 0 atom stereocenters. The van der Waals surface area contributed by atoms with Crippen LogP contribution in [-0.4, -0.2) is 16.0 Å². The summed E-state index contributed by atoms with van der Waals surface area (Å²) in [6, 6.07) is 7.20. The van der Waals surface area contributed by atoms with Crippen molar-refractivity contribution in [3.8, 4) is 11.8 Å². The van der Waals surface area contributed by atoms with Gasteiger partial charge in [-0.25, -0.2) is 19.2 Å². The molecule has 30 heavy (non-hydrogen) atoms. The first-order chi connectivity index (χ1) is 14.2. The van der Waals surface area contributed by atoms with E-state index in [0.29, 0.717) is 35.0 Å². The summed E-state index contributed by atoms with van der Waals surface area (Å²) in [7, 11) is 0. The van der Waals surface area contributed by atoms with Crippen LogP contribution in [0.15, 0.2) is 54.9 Å². The second-order valence-electron chi connectivity index (χ2n) is 5.93. The van der Waals surface area contributed by atoms with E-state index < -0.39 is 29.3 Å². The molecule has 0 saturated heterocycles. The van der Waals surface area contributed by atoms with Crippen molar-refractivity contribution in [2.45, 2.75) is 6.18 Å². The minimum atomic E-state index is -4.66. The van der Waals surface area contributed by atoms with Gasteiger partial charge in [-0.15, -0.1) is 0 Å². The number of carbonyl (C=O) groups excluding carboxylic acids is 1. The van der Waals surface area contributed by atoms with Crippen molar-refractivity contribution in [1.82, 2.24) is 9.97 Å². The second kappa shape index (κ2) is 8.48. The average Bonchev–Trinajstić information content (AvgIpc) is 2.68. The van der Waals surface area contributed by atoms with E-state index in [4.69, 9.17) is 5.73 Å². The number of nitrogens with two attached hydrogens (primary N) is 1. The number of amides is 2. The highest BCUT2D eigenvalue weighted by Gasteiger charge is 2.31. The maximum absolute atomic E-state index is 13.8. The van der Waals surface area contributed by atoms with Gasteiger partial charge in [0.2, 0.25) is 5.95 Å². The molecular formula is C20H13F4N5O. The molecule has 3 rings (SSSR count). The summed E-state index contributed by atoms with van der Waals surface area (Å²) >= 11 is 0. The minimum Gasteiger partial charge on any atom is -0.368 e. The Morgan fingerprint density at radius 3 is 2.37 bits per heavy atom. The van der Waals surface area contributed by atoms with Gasteiger partial charge in [-0.05, 0) is 36.4 Å². The Bertz CT molecular complexity index is 1130. The number of nitrogens with one attached hydrogen (secondary N) is 2. The van der Waals surface area contributed by atoms with Crippen LogP contribution < -0.4 is 16.4 Å². The Morgan fingerprint density at radius 1 is 0.967 bits per heavy atom. The van der Waals surface area contributed by atoms with Gasteiger partial charge in [0.25, 0.3) is 0 Å². The maximum Gasteiger partial charge on any atom is 0.416 e. The number of alkyl halides is 3. The van der Waals surface area contributed by atoms with E-state index >= 15 is 0 Å². The number of nitrogen functional groups attached to an aromatic ring is 1. The lowest BCUT2D eigenvalue weighted by molar-refractivity contribution is -0.137. The van der Waals surface area contributed by atoms with Crippen molar-refractivity contribution in [2.75, 3.05) is 16.4 Å². The van der Waals surface area contributed by atoms with Crippen molar-refractivity contribution in [3.05, 3.63) is 77.4 Å². The lowest BCUT2D eigenvalue weighted by Gasteiger charge is -2.12. The molecule has 4 N–H and O–H groups in total. The summed E-state index contributed by atoms with van der Waals surface area (Å²) in [6.45, 7) is 0. The normalized spacial score (nSPS) is 10.7. The molecule has 0 bridgehead atoms. The zero-order valence-corrected chi connectivity index (χ0v) is 15.1. The highest BCUT2D eigenvalue weighted by molar-refractivity contribution is 6.00. The first kappa shape index (κ1) is 20.6. The molecule has 0 spiro atoms. The summed E-state index contributed by atoms with van der Waals surface area (Å²) in [5.74, 6) is 4.79. The fraction of sp³-hybridized carbons (Fsp3) is 0.0500. The second-order valence-corrected chi connectivity index (χ2v) is 5.93. The van der Waals surface area contributed by atoms with Gasteiger partial charge in [0.05, 0.1) is 16.8 Å². The highest BCUT2D eigenvalue weighted by Crippen LogP contribution is 2.31. The summed E-state index contributed by atoms with van der Waals surface area (Å²) in [5.41, 5.74) is 5.09. The topological polar surface area (TPSA) is 92.9 Å². The molecule has 0 aliphatic heterocycles. The lowest BCUT2D eigenvalue weighted by atomic mass is 10.2. The first-order valence-electron chi connectivity index (χ1n) is 8.35. The number of halogens is 4. The Balaban J connectivity index is 1.71. The SMILES string of the molecule is Nc1ncc(C#Cc2cccc(NC(=O)Nc3cc(C(F)(F)F)ccc3F)c2)cn1. The number of urea groups is 1. The van der Waals surface area contributed by atoms with Crippen LogP contribution in [0, 0.1) is 17.7 Å². The highest BCUT2D eigenvalue weighted by atomic mass is 19.4. The number of benzene rings is 2. The van der Waals surface area contributed by atoms with Crippen molar-refractivity contribution in [1.29, 1.82) is 0 Å². The van der Waals surface area contributed by atoms with Gasteiger partial charge in [-0.1, -0.05) is 17.9 Å². The molecule has 0 saturated carbocycles. The zero-order chi connectivity index (χ0) is 21.7. The molecule has 1 aromatic heterocycles. The van der Waals surface area contributed by atoms with Crippen molar-refractivity contribution < 1.29 is 22.4 Å².